The number of rotatable bonds is 4. The number of aliphatic hydroxyl groups excluding tert-OH is 1. The van der Waals surface area contributed by atoms with Crippen molar-refractivity contribution in [2.45, 2.75) is 19.9 Å². The number of benzene rings is 1. The fourth-order valence-corrected chi connectivity index (χ4v) is 3.04. The number of nitrogens with zero attached hydrogens (tertiary/aromatic N) is 1. The van der Waals surface area contributed by atoms with Crippen LogP contribution in [0, 0.1) is 11.2 Å². The van der Waals surface area contributed by atoms with Crippen LogP contribution in [-0.4, -0.2) is 42.8 Å². The third kappa shape index (κ3) is 4.30. The smallest absolute Gasteiger partial charge is 0.128 e. The first-order valence-electron chi connectivity index (χ1n) is 6.96. The first-order chi connectivity index (χ1) is 9.45. The monoisotopic (exact) mass is 336 g/mol. The van der Waals surface area contributed by atoms with Crippen molar-refractivity contribution in [1.29, 1.82) is 0 Å². The van der Waals surface area contributed by atoms with Gasteiger partial charge in [0.25, 0.3) is 0 Å². The molecule has 1 fully saturated rings. The van der Waals surface area contributed by atoms with E-state index in [1.54, 1.807) is 12.1 Å². The lowest BCUT2D eigenvalue weighted by Crippen LogP contribution is -2.49. The second-order valence-electron chi connectivity index (χ2n) is 6.00. The van der Waals surface area contributed by atoms with E-state index in [-0.39, 0.29) is 30.9 Å². The highest BCUT2D eigenvalue weighted by Gasteiger charge is 2.37. The summed E-state index contributed by atoms with van der Waals surface area (Å²) in [6, 6.07) is 4.45. The van der Waals surface area contributed by atoms with E-state index in [2.05, 4.69) is 10.2 Å². The van der Waals surface area contributed by atoms with Crippen LogP contribution >= 0.6 is 24.0 Å². The molecule has 2 N–H and O–H groups in total. The van der Waals surface area contributed by atoms with Crippen molar-refractivity contribution >= 4 is 24.0 Å². The summed E-state index contributed by atoms with van der Waals surface area (Å²) < 4.78 is 14.3. The van der Waals surface area contributed by atoms with Gasteiger partial charge in [0, 0.05) is 54.8 Å². The van der Waals surface area contributed by atoms with Crippen LogP contribution in [-0.2, 0) is 0 Å². The number of aliphatic hydroxyl groups is 1. The molecule has 0 aliphatic carbocycles. The molecule has 0 amide bonds. The molecule has 21 heavy (non-hydrogen) atoms. The summed E-state index contributed by atoms with van der Waals surface area (Å²) in [5.41, 5.74) is 0.126. The molecule has 1 aliphatic rings. The van der Waals surface area contributed by atoms with E-state index in [1.807, 2.05) is 13.8 Å². The Labute approximate surface area is 136 Å². The first-order valence-corrected chi connectivity index (χ1v) is 7.34. The zero-order valence-corrected chi connectivity index (χ0v) is 14.0. The van der Waals surface area contributed by atoms with Crippen molar-refractivity contribution in [1.82, 2.24) is 10.2 Å². The van der Waals surface area contributed by atoms with E-state index in [9.17, 15) is 9.50 Å². The summed E-state index contributed by atoms with van der Waals surface area (Å²) in [6.07, 6.45) is 0. The highest BCUT2D eigenvalue weighted by Crippen LogP contribution is 2.40. The summed E-state index contributed by atoms with van der Waals surface area (Å²) in [6.45, 7) is 7.33. The Balaban J connectivity index is 0.00000220. The summed E-state index contributed by atoms with van der Waals surface area (Å²) in [5.74, 6) is -0.264. The summed E-state index contributed by atoms with van der Waals surface area (Å²) in [4.78, 5) is 2.22. The van der Waals surface area contributed by atoms with Gasteiger partial charge >= 0.3 is 0 Å². The number of hydrogen-bond donors (Lipinski definition) is 2. The maximum absolute atomic E-state index is 14.3. The van der Waals surface area contributed by atoms with Crippen LogP contribution in [0.15, 0.2) is 18.2 Å². The molecule has 1 saturated heterocycles. The number of halogens is 3. The van der Waals surface area contributed by atoms with E-state index >= 15 is 0 Å². The van der Waals surface area contributed by atoms with Crippen LogP contribution in [0.4, 0.5) is 4.39 Å². The minimum absolute atomic E-state index is 0. The van der Waals surface area contributed by atoms with Gasteiger partial charge in [-0.2, -0.15) is 0 Å². The lowest BCUT2D eigenvalue weighted by molar-refractivity contribution is 0.0286. The van der Waals surface area contributed by atoms with Crippen LogP contribution in [0.3, 0.4) is 0 Å². The summed E-state index contributed by atoms with van der Waals surface area (Å²) >= 11 is 6.03. The SMILES string of the molecule is CC(C)(CO)[C@@H](c1cc(Cl)ccc1F)N1CCNCC1.Cl. The average Bonchev–Trinajstić information content (AvgIpc) is 2.44. The van der Waals surface area contributed by atoms with E-state index in [1.165, 1.54) is 6.07 Å². The van der Waals surface area contributed by atoms with Crippen LogP contribution in [0.5, 0.6) is 0 Å². The van der Waals surface area contributed by atoms with Crippen LogP contribution in [0.25, 0.3) is 0 Å². The van der Waals surface area contributed by atoms with Gasteiger partial charge in [0.1, 0.15) is 5.82 Å². The summed E-state index contributed by atoms with van der Waals surface area (Å²) in [7, 11) is 0. The van der Waals surface area contributed by atoms with Gasteiger partial charge in [-0.1, -0.05) is 25.4 Å². The highest BCUT2D eigenvalue weighted by atomic mass is 35.5. The molecular weight excluding hydrogens is 314 g/mol. The number of piperazine rings is 1. The van der Waals surface area contributed by atoms with E-state index in [0.717, 1.165) is 26.2 Å². The molecule has 120 valence electrons. The third-order valence-electron chi connectivity index (χ3n) is 3.92. The van der Waals surface area contributed by atoms with Gasteiger partial charge in [0.15, 0.2) is 0 Å². The highest BCUT2D eigenvalue weighted by molar-refractivity contribution is 6.30. The minimum atomic E-state index is -0.442. The van der Waals surface area contributed by atoms with Gasteiger partial charge in [0.05, 0.1) is 0 Å². The molecule has 0 aromatic heterocycles. The molecule has 0 unspecified atom stereocenters. The Kier molecular flexibility index (Phi) is 6.88. The zero-order valence-electron chi connectivity index (χ0n) is 12.4. The van der Waals surface area contributed by atoms with Crippen molar-refractivity contribution in [3.8, 4) is 0 Å². The van der Waals surface area contributed by atoms with Crippen LogP contribution < -0.4 is 5.32 Å². The fourth-order valence-electron chi connectivity index (χ4n) is 2.86. The van der Waals surface area contributed by atoms with E-state index < -0.39 is 5.41 Å². The Morgan fingerprint density at radius 1 is 1.38 bits per heavy atom. The molecule has 0 bridgehead atoms. The largest absolute Gasteiger partial charge is 0.396 e. The Hall–Kier alpha value is -0.390. The van der Waals surface area contributed by atoms with Crippen LogP contribution in [0.2, 0.25) is 5.02 Å². The Bertz CT molecular complexity index is 465. The van der Waals surface area contributed by atoms with Gasteiger partial charge in [0.2, 0.25) is 0 Å². The van der Waals surface area contributed by atoms with Gasteiger partial charge in [-0.15, -0.1) is 12.4 Å². The second kappa shape index (κ2) is 7.75. The molecular formula is C15H23Cl2FN2O. The Morgan fingerprint density at radius 2 is 2.00 bits per heavy atom. The maximum atomic E-state index is 14.3. The average molecular weight is 337 g/mol. The van der Waals surface area contributed by atoms with Crippen molar-refractivity contribution < 1.29 is 9.50 Å². The molecule has 1 aromatic carbocycles. The third-order valence-corrected chi connectivity index (χ3v) is 4.15. The minimum Gasteiger partial charge on any atom is -0.396 e. The van der Waals surface area contributed by atoms with E-state index in [4.69, 9.17) is 11.6 Å². The molecule has 1 aliphatic heterocycles. The quantitative estimate of drug-likeness (QED) is 0.887. The fraction of sp³-hybridized carbons (Fsp3) is 0.600. The number of nitrogens with one attached hydrogen (secondary N) is 1. The number of hydrogen-bond acceptors (Lipinski definition) is 3. The van der Waals surface area contributed by atoms with Crippen molar-refractivity contribution in [3.63, 3.8) is 0 Å². The van der Waals surface area contributed by atoms with E-state index in [0.29, 0.717) is 10.6 Å². The molecule has 6 heteroatoms. The zero-order chi connectivity index (χ0) is 14.8. The molecule has 0 spiro atoms. The van der Waals surface area contributed by atoms with Crippen LogP contribution in [0.1, 0.15) is 25.5 Å². The normalized spacial score (nSPS) is 18.1. The maximum Gasteiger partial charge on any atom is 0.128 e. The van der Waals surface area contributed by atoms with Gasteiger partial charge in [-0.25, -0.2) is 4.39 Å². The van der Waals surface area contributed by atoms with Gasteiger partial charge in [-0.05, 0) is 18.2 Å². The van der Waals surface area contributed by atoms with Crippen molar-refractivity contribution in [2.24, 2.45) is 5.41 Å². The molecule has 0 radical (unpaired) electrons. The summed E-state index contributed by atoms with van der Waals surface area (Å²) in [5, 5.41) is 13.5. The molecule has 0 saturated carbocycles. The van der Waals surface area contributed by atoms with Crippen molar-refractivity contribution in [3.05, 3.63) is 34.6 Å². The molecule has 1 heterocycles. The predicted molar refractivity (Wildman–Crippen MR) is 86.7 cm³/mol. The molecule has 2 rings (SSSR count). The van der Waals surface area contributed by atoms with Crippen molar-refractivity contribution in [2.75, 3.05) is 32.8 Å². The lowest BCUT2D eigenvalue weighted by Gasteiger charge is -2.43. The Morgan fingerprint density at radius 3 is 2.57 bits per heavy atom. The standard InChI is InChI=1S/C15H22ClFN2O.ClH/c1-15(2,10-20)14(19-7-5-18-6-8-19)12-9-11(16)3-4-13(12)17;/h3-4,9,14,18,20H,5-8,10H2,1-2H3;1H/t14-;/m1./s1. The second-order valence-corrected chi connectivity index (χ2v) is 6.44. The topological polar surface area (TPSA) is 35.5 Å². The molecule has 3 nitrogen and oxygen atoms in total. The predicted octanol–water partition coefficient (Wildman–Crippen LogP) is 2.87. The lowest BCUT2D eigenvalue weighted by atomic mass is 9.79. The molecule has 1 aromatic rings. The first kappa shape index (κ1) is 18.7. The van der Waals surface area contributed by atoms with Gasteiger partial charge < -0.3 is 10.4 Å². The van der Waals surface area contributed by atoms with Gasteiger partial charge in [-0.3, -0.25) is 4.90 Å². The molecule has 1 atom stereocenters.